The summed E-state index contributed by atoms with van der Waals surface area (Å²) in [7, 11) is 2.83. The van der Waals surface area contributed by atoms with Crippen molar-refractivity contribution in [2.45, 2.75) is 58.5 Å². The highest BCUT2D eigenvalue weighted by Crippen LogP contribution is 2.59. The van der Waals surface area contributed by atoms with Gasteiger partial charge >= 0.3 is 5.97 Å². The summed E-state index contributed by atoms with van der Waals surface area (Å²) in [6.45, 7) is 8.24. The maximum Gasteiger partial charge on any atom is 0.328 e. The van der Waals surface area contributed by atoms with Crippen molar-refractivity contribution < 1.29 is 19.1 Å². The van der Waals surface area contributed by atoms with Crippen LogP contribution in [0.15, 0.2) is 22.5 Å². The highest BCUT2D eigenvalue weighted by Gasteiger charge is 2.51. The van der Waals surface area contributed by atoms with E-state index >= 15 is 0 Å². The molecule has 0 unspecified atom stereocenters. The van der Waals surface area contributed by atoms with Crippen molar-refractivity contribution >= 4 is 11.9 Å². The van der Waals surface area contributed by atoms with Crippen LogP contribution in [0, 0.1) is 17.3 Å². The molecule has 2 bridgehead atoms. The number of carbonyl (C=O) groups excluding carboxylic acids is 2. The molecule has 0 aromatic carbocycles. The topological polar surface area (TPSA) is 81.1 Å². The van der Waals surface area contributed by atoms with Gasteiger partial charge in [0, 0.05) is 50.9 Å². The zero-order valence-electron chi connectivity index (χ0n) is 21.3. The highest BCUT2D eigenvalue weighted by molar-refractivity contribution is 6.00. The number of carbonyl (C=O) groups is 2. The van der Waals surface area contributed by atoms with Gasteiger partial charge < -0.3 is 18.9 Å². The molecule has 190 valence electrons. The minimum Gasteiger partial charge on any atom is -0.496 e. The lowest BCUT2D eigenvalue weighted by Crippen LogP contribution is -2.50. The van der Waals surface area contributed by atoms with E-state index in [1.165, 1.54) is 38.7 Å². The number of pyridine rings is 1. The van der Waals surface area contributed by atoms with E-state index in [1.54, 1.807) is 9.47 Å². The van der Waals surface area contributed by atoms with Crippen molar-refractivity contribution in [3.05, 3.63) is 39.3 Å². The molecule has 0 N–H and O–H groups in total. The van der Waals surface area contributed by atoms with Crippen molar-refractivity contribution in [2.24, 2.45) is 17.3 Å². The lowest BCUT2D eigenvalue weighted by molar-refractivity contribution is -0.145. The molecular weight excluding hydrogens is 446 g/mol. The van der Waals surface area contributed by atoms with Crippen LogP contribution in [-0.4, -0.2) is 72.7 Å². The number of methoxy groups -OCH3 is 2. The van der Waals surface area contributed by atoms with Crippen molar-refractivity contribution in [1.29, 1.82) is 0 Å². The quantitative estimate of drug-likeness (QED) is 0.473. The van der Waals surface area contributed by atoms with Gasteiger partial charge in [0.2, 0.25) is 0 Å². The van der Waals surface area contributed by atoms with Crippen molar-refractivity contribution in [1.82, 2.24) is 14.4 Å². The Balaban J connectivity index is 1.41. The lowest BCUT2D eigenvalue weighted by Gasteiger charge is -2.57. The third-order valence-corrected chi connectivity index (χ3v) is 9.10. The van der Waals surface area contributed by atoms with Gasteiger partial charge in [0.15, 0.2) is 0 Å². The molecule has 2 aliphatic heterocycles. The fourth-order valence-electron chi connectivity index (χ4n) is 6.79. The average molecular weight is 484 g/mol. The molecule has 2 fully saturated rings. The number of amides is 1. The normalized spacial score (nSPS) is 27.4. The van der Waals surface area contributed by atoms with Crippen molar-refractivity contribution in [3.63, 3.8) is 0 Å². The van der Waals surface area contributed by atoms with Gasteiger partial charge in [-0.3, -0.25) is 14.5 Å². The third kappa shape index (κ3) is 3.99. The highest BCUT2D eigenvalue weighted by atomic mass is 16.5. The molecule has 1 saturated heterocycles. The zero-order chi connectivity index (χ0) is 24.9. The van der Waals surface area contributed by atoms with Gasteiger partial charge in [-0.05, 0) is 42.9 Å². The molecule has 0 spiro atoms. The van der Waals surface area contributed by atoms with Crippen LogP contribution < -0.4 is 10.3 Å². The van der Waals surface area contributed by atoms with Gasteiger partial charge in [-0.25, -0.2) is 4.79 Å². The Hall–Kier alpha value is -2.61. The second-order valence-electron chi connectivity index (χ2n) is 11.1. The maximum atomic E-state index is 13.8. The Labute approximate surface area is 206 Å². The average Bonchev–Trinajstić information content (AvgIpc) is 3.25. The van der Waals surface area contributed by atoms with Crippen molar-refractivity contribution in [2.75, 3.05) is 40.4 Å². The van der Waals surface area contributed by atoms with Crippen molar-refractivity contribution in [3.8, 4) is 5.75 Å². The van der Waals surface area contributed by atoms with Gasteiger partial charge in [0.05, 0.1) is 14.2 Å². The molecule has 35 heavy (non-hydrogen) atoms. The number of nitrogens with zero attached hydrogens (tertiary/aromatic N) is 3. The molecule has 0 radical (unpaired) electrons. The minimum absolute atomic E-state index is 0.152. The van der Waals surface area contributed by atoms with E-state index in [2.05, 4.69) is 24.8 Å². The predicted molar refractivity (Wildman–Crippen MR) is 132 cm³/mol. The van der Waals surface area contributed by atoms with E-state index in [1.807, 2.05) is 0 Å². The standard InChI is InChI=1S/C27H37N3O5/c1-27(2)18-8-7-17(19(27)14-18)16-28-11-9-20-24(22(34-3)15-23(31)29(20)13-12-28)25(32)30-10-5-6-21(30)26(33)35-4/h7,15,18-19,21H,5-6,8-14,16H2,1-4H3/t18-,19-,21-/m0/s1. The number of hydrogen-bond donors (Lipinski definition) is 0. The first-order valence-electron chi connectivity index (χ1n) is 12.9. The first-order valence-corrected chi connectivity index (χ1v) is 12.9. The van der Waals surface area contributed by atoms with Crippen LogP contribution in [0.5, 0.6) is 5.75 Å². The summed E-state index contributed by atoms with van der Waals surface area (Å²) in [5.41, 5.74) is 2.88. The summed E-state index contributed by atoms with van der Waals surface area (Å²) in [6.07, 6.45) is 6.79. The van der Waals surface area contributed by atoms with Crippen LogP contribution in [0.4, 0.5) is 0 Å². The Morgan fingerprint density at radius 2 is 1.94 bits per heavy atom. The molecule has 1 aromatic heterocycles. The summed E-state index contributed by atoms with van der Waals surface area (Å²) >= 11 is 0. The molecule has 1 amide bonds. The Kier molecular flexibility index (Phi) is 6.28. The molecule has 3 atom stereocenters. The number of fused-ring (bicyclic) bond motifs is 2. The number of esters is 1. The first kappa shape index (κ1) is 24.1. The van der Waals surface area contributed by atoms with Crippen LogP contribution >= 0.6 is 0 Å². The van der Waals surface area contributed by atoms with Gasteiger partial charge in [-0.15, -0.1) is 0 Å². The minimum atomic E-state index is -0.597. The first-order chi connectivity index (χ1) is 16.8. The summed E-state index contributed by atoms with van der Waals surface area (Å²) < 4.78 is 12.2. The molecular formula is C27H37N3O5. The van der Waals surface area contributed by atoms with Crippen LogP contribution in [0.3, 0.4) is 0 Å². The van der Waals surface area contributed by atoms with E-state index in [9.17, 15) is 14.4 Å². The summed E-state index contributed by atoms with van der Waals surface area (Å²) in [6, 6.07) is 0.816. The van der Waals surface area contributed by atoms with Gasteiger partial charge in [0.25, 0.3) is 11.5 Å². The fourth-order valence-corrected chi connectivity index (χ4v) is 6.79. The second kappa shape index (κ2) is 9.12. The SMILES string of the molecule is COC(=O)[C@@H]1CCCN1C(=O)c1c(OC)cc(=O)n2c1CCN(CC1=CC[C@H]3C[C@@H]1C3(C)C)CC2. The van der Waals surface area contributed by atoms with Crippen LogP contribution in [0.2, 0.25) is 0 Å². The second-order valence-corrected chi connectivity index (χ2v) is 11.1. The predicted octanol–water partition coefficient (Wildman–Crippen LogP) is 2.49. The van der Waals surface area contributed by atoms with E-state index < -0.39 is 12.0 Å². The third-order valence-electron chi connectivity index (χ3n) is 9.10. The van der Waals surface area contributed by atoms with Gasteiger partial charge in [-0.1, -0.05) is 25.5 Å². The van der Waals surface area contributed by atoms with E-state index in [0.717, 1.165) is 32.0 Å². The van der Waals surface area contributed by atoms with E-state index in [-0.39, 0.29) is 17.2 Å². The Morgan fingerprint density at radius 3 is 2.63 bits per heavy atom. The fraction of sp³-hybridized carbons (Fsp3) is 0.667. The Bertz CT molecular complexity index is 1120. The smallest absolute Gasteiger partial charge is 0.328 e. The van der Waals surface area contributed by atoms with Gasteiger partial charge in [0.1, 0.15) is 17.4 Å². The lowest BCUT2D eigenvalue weighted by atomic mass is 9.49. The Morgan fingerprint density at radius 1 is 1.14 bits per heavy atom. The number of ether oxygens (including phenoxy) is 2. The zero-order valence-corrected chi connectivity index (χ0v) is 21.3. The van der Waals surface area contributed by atoms with Crippen LogP contribution in [-0.2, 0) is 22.5 Å². The number of allylic oxidation sites excluding steroid dienone is 1. The molecule has 1 saturated carbocycles. The monoisotopic (exact) mass is 483 g/mol. The molecule has 8 heteroatoms. The van der Waals surface area contributed by atoms with Crippen LogP contribution in [0.1, 0.15) is 55.6 Å². The summed E-state index contributed by atoms with van der Waals surface area (Å²) in [5, 5.41) is 0. The number of likely N-dealkylation sites (tertiary alicyclic amines) is 1. The largest absolute Gasteiger partial charge is 0.496 e. The molecule has 3 aliphatic carbocycles. The number of hydrogen-bond acceptors (Lipinski definition) is 6. The molecule has 8 nitrogen and oxygen atoms in total. The summed E-state index contributed by atoms with van der Waals surface area (Å²) in [4.78, 5) is 43.1. The molecule has 3 heterocycles. The number of aromatic nitrogens is 1. The maximum absolute atomic E-state index is 13.8. The van der Waals surface area contributed by atoms with E-state index in [0.29, 0.717) is 48.5 Å². The van der Waals surface area contributed by atoms with Crippen LogP contribution in [0.25, 0.3) is 0 Å². The van der Waals surface area contributed by atoms with Gasteiger partial charge in [-0.2, -0.15) is 0 Å². The van der Waals surface area contributed by atoms with E-state index in [4.69, 9.17) is 9.47 Å². The summed E-state index contributed by atoms with van der Waals surface area (Å²) in [5.74, 6) is 1.08. The molecule has 5 aliphatic rings. The number of rotatable bonds is 5. The molecule has 6 rings (SSSR count). The molecule has 1 aromatic rings.